The van der Waals surface area contributed by atoms with Crippen LogP contribution in [0.3, 0.4) is 0 Å². The Labute approximate surface area is 136 Å². The summed E-state index contributed by atoms with van der Waals surface area (Å²) in [6.07, 6.45) is 4.92. The smallest absolute Gasteiger partial charge is 0.251 e. The van der Waals surface area contributed by atoms with Gasteiger partial charge in [-0.2, -0.15) is 0 Å². The summed E-state index contributed by atoms with van der Waals surface area (Å²) in [6.45, 7) is 4.06. The van der Waals surface area contributed by atoms with Crippen molar-refractivity contribution >= 4 is 11.9 Å². The van der Waals surface area contributed by atoms with E-state index in [0.29, 0.717) is 17.1 Å². The average molecular weight is 308 g/mol. The van der Waals surface area contributed by atoms with E-state index in [1.54, 1.807) is 18.2 Å². The molecule has 0 saturated carbocycles. The zero-order valence-corrected chi connectivity index (χ0v) is 13.4. The minimum atomic E-state index is -0.593. The summed E-state index contributed by atoms with van der Waals surface area (Å²) in [6, 6.07) is 15.1. The maximum Gasteiger partial charge on any atom is 0.251 e. The molecule has 3 heteroatoms. The van der Waals surface area contributed by atoms with Crippen molar-refractivity contribution in [3.05, 3.63) is 65.7 Å². The van der Waals surface area contributed by atoms with Crippen molar-refractivity contribution in [3.8, 4) is 11.5 Å². The highest BCUT2D eigenvalue weighted by molar-refractivity contribution is 6.07. The number of ether oxygens (including phenoxy) is 2. The van der Waals surface area contributed by atoms with E-state index in [4.69, 9.17) is 9.47 Å². The van der Waals surface area contributed by atoms with Gasteiger partial charge in [-0.3, -0.25) is 4.79 Å². The van der Waals surface area contributed by atoms with E-state index in [-0.39, 0.29) is 5.78 Å². The van der Waals surface area contributed by atoms with E-state index in [1.807, 2.05) is 56.3 Å². The minimum absolute atomic E-state index is 0.0502. The molecule has 0 aromatic heterocycles. The Kier molecular flexibility index (Phi) is 4.20. The second kappa shape index (κ2) is 6.29. The number of fused-ring (bicyclic) bond motifs is 1. The van der Waals surface area contributed by atoms with Crippen molar-refractivity contribution in [1.29, 1.82) is 0 Å². The monoisotopic (exact) mass is 308 g/mol. The predicted octanol–water partition coefficient (Wildman–Crippen LogP) is 4.87. The molecule has 1 aliphatic rings. The zero-order chi connectivity index (χ0) is 16.3. The van der Waals surface area contributed by atoms with Crippen LogP contribution in [0.2, 0.25) is 0 Å². The Morgan fingerprint density at radius 2 is 1.70 bits per heavy atom. The minimum Gasteiger partial charge on any atom is -0.448 e. The molecule has 3 nitrogen and oxygen atoms in total. The van der Waals surface area contributed by atoms with Crippen LogP contribution in [-0.2, 0) is 0 Å². The molecule has 0 radical (unpaired) electrons. The lowest BCUT2D eigenvalue weighted by Gasteiger charge is -2.24. The van der Waals surface area contributed by atoms with Crippen molar-refractivity contribution in [2.75, 3.05) is 0 Å². The van der Waals surface area contributed by atoms with E-state index >= 15 is 0 Å². The van der Waals surface area contributed by atoms with Gasteiger partial charge in [0.2, 0.25) is 0 Å². The normalized spacial score (nSPS) is 15.0. The number of rotatable bonds is 5. The van der Waals surface area contributed by atoms with E-state index in [9.17, 15) is 4.79 Å². The third-order valence-electron chi connectivity index (χ3n) is 4.12. The highest BCUT2D eigenvalue weighted by Gasteiger charge is 2.38. The van der Waals surface area contributed by atoms with Crippen LogP contribution in [0.25, 0.3) is 6.08 Å². The Balaban J connectivity index is 1.79. The molecule has 0 aliphatic carbocycles. The van der Waals surface area contributed by atoms with Gasteiger partial charge in [0.15, 0.2) is 17.3 Å². The van der Waals surface area contributed by atoms with Gasteiger partial charge >= 0.3 is 0 Å². The van der Waals surface area contributed by atoms with Crippen molar-refractivity contribution in [2.24, 2.45) is 0 Å². The summed E-state index contributed by atoms with van der Waals surface area (Å²) in [4.78, 5) is 12.3. The number of ketones is 1. The van der Waals surface area contributed by atoms with Gasteiger partial charge in [-0.25, -0.2) is 0 Å². The van der Waals surface area contributed by atoms with Crippen LogP contribution < -0.4 is 9.47 Å². The first-order valence-electron chi connectivity index (χ1n) is 7.95. The number of carbonyl (C=O) groups excluding carboxylic acids is 1. The summed E-state index contributed by atoms with van der Waals surface area (Å²) < 4.78 is 11.9. The molecular formula is C20H20O3. The van der Waals surface area contributed by atoms with E-state index < -0.39 is 5.79 Å². The molecule has 0 N–H and O–H groups in total. The number of benzene rings is 2. The molecule has 23 heavy (non-hydrogen) atoms. The number of hydrogen-bond acceptors (Lipinski definition) is 3. The SMILES string of the molecule is CCC1(CC)Oc2ccc(C(=O)C=Cc3ccccc3)cc2O1. The summed E-state index contributed by atoms with van der Waals surface area (Å²) >= 11 is 0. The summed E-state index contributed by atoms with van der Waals surface area (Å²) in [5.74, 6) is 0.708. The summed E-state index contributed by atoms with van der Waals surface area (Å²) in [5.41, 5.74) is 1.60. The summed E-state index contributed by atoms with van der Waals surface area (Å²) in [7, 11) is 0. The lowest BCUT2D eigenvalue weighted by molar-refractivity contribution is -0.0843. The third-order valence-corrected chi connectivity index (χ3v) is 4.12. The number of hydrogen-bond donors (Lipinski definition) is 0. The third kappa shape index (κ3) is 3.14. The van der Waals surface area contributed by atoms with Crippen molar-refractivity contribution in [2.45, 2.75) is 32.5 Å². The Morgan fingerprint density at radius 1 is 1.00 bits per heavy atom. The van der Waals surface area contributed by atoms with E-state index in [1.165, 1.54) is 0 Å². The molecule has 0 unspecified atom stereocenters. The van der Waals surface area contributed by atoms with Gasteiger partial charge in [0.1, 0.15) is 0 Å². The lowest BCUT2D eigenvalue weighted by atomic mass is 10.1. The molecule has 0 amide bonds. The maximum atomic E-state index is 12.3. The zero-order valence-electron chi connectivity index (χ0n) is 13.4. The molecule has 0 saturated heterocycles. The fourth-order valence-electron chi connectivity index (χ4n) is 2.62. The first kappa shape index (κ1) is 15.3. The van der Waals surface area contributed by atoms with Gasteiger partial charge in [-0.05, 0) is 29.8 Å². The molecular weight excluding hydrogens is 288 g/mol. The fourth-order valence-corrected chi connectivity index (χ4v) is 2.62. The predicted molar refractivity (Wildman–Crippen MR) is 90.8 cm³/mol. The van der Waals surface area contributed by atoms with Crippen LogP contribution in [0.1, 0.15) is 42.6 Å². The van der Waals surface area contributed by atoms with Crippen molar-refractivity contribution < 1.29 is 14.3 Å². The molecule has 0 bridgehead atoms. The molecule has 1 heterocycles. The first-order valence-corrected chi connectivity index (χ1v) is 7.95. The highest BCUT2D eigenvalue weighted by atomic mass is 16.7. The second-order valence-corrected chi connectivity index (χ2v) is 5.59. The van der Waals surface area contributed by atoms with Gasteiger partial charge in [-0.15, -0.1) is 0 Å². The first-order chi connectivity index (χ1) is 11.2. The van der Waals surface area contributed by atoms with E-state index in [0.717, 1.165) is 18.4 Å². The Morgan fingerprint density at radius 3 is 2.39 bits per heavy atom. The fraction of sp³-hybridized carbons (Fsp3) is 0.250. The van der Waals surface area contributed by atoms with Crippen LogP contribution in [-0.4, -0.2) is 11.6 Å². The molecule has 1 aliphatic heterocycles. The molecule has 2 aromatic rings. The van der Waals surface area contributed by atoms with Crippen LogP contribution in [0.5, 0.6) is 11.5 Å². The van der Waals surface area contributed by atoms with Gasteiger partial charge in [-0.1, -0.05) is 50.3 Å². The maximum absolute atomic E-state index is 12.3. The molecule has 0 atom stereocenters. The number of carbonyl (C=O) groups is 1. The Bertz CT molecular complexity index is 728. The standard InChI is InChI=1S/C20H20O3/c1-3-20(4-2)22-18-13-11-16(14-19(18)23-20)17(21)12-10-15-8-6-5-7-9-15/h5-14H,3-4H2,1-2H3. The summed E-state index contributed by atoms with van der Waals surface area (Å²) in [5, 5.41) is 0. The van der Waals surface area contributed by atoms with Crippen LogP contribution in [0, 0.1) is 0 Å². The Hall–Kier alpha value is -2.55. The van der Waals surface area contributed by atoms with Gasteiger partial charge in [0.25, 0.3) is 5.79 Å². The van der Waals surface area contributed by atoms with E-state index in [2.05, 4.69) is 0 Å². The van der Waals surface area contributed by atoms with Gasteiger partial charge < -0.3 is 9.47 Å². The van der Waals surface area contributed by atoms with Crippen LogP contribution >= 0.6 is 0 Å². The van der Waals surface area contributed by atoms with Gasteiger partial charge in [0.05, 0.1) is 0 Å². The average Bonchev–Trinajstić information content (AvgIpc) is 2.99. The second-order valence-electron chi connectivity index (χ2n) is 5.59. The molecule has 0 spiro atoms. The van der Waals surface area contributed by atoms with Crippen LogP contribution in [0.4, 0.5) is 0 Å². The number of allylic oxidation sites excluding steroid dienone is 1. The van der Waals surface area contributed by atoms with Gasteiger partial charge in [0, 0.05) is 18.4 Å². The van der Waals surface area contributed by atoms with Crippen LogP contribution in [0.15, 0.2) is 54.6 Å². The van der Waals surface area contributed by atoms with Crippen molar-refractivity contribution in [1.82, 2.24) is 0 Å². The molecule has 3 rings (SSSR count). The lowest BCUT2D eigenvalue weighted by Crippen LogP contribution is -2.36. The molecule has 118 valence electrons. The topological polar surface area (TPSA) is 35.5 Å². The van der Waals surface area contributed by atoms with Crippen molar-refractivity contribution in [3.63, 3.8) is 0 Å². The quantitative estimate of drug-likeness (QED) is 0.584. The molecule has 0 fully saturated rings. The molecule has 2 aromatic carbocycles. The largest absolute Gasteiger partial charge is 0.448 e. The highest BCUT2D eigenvalue weighted by Crippen LogP contribution is 2.42.